The van der Waals surface area contributed by atoms with Crippen molar-refractivity contribution in [3.05, 3.63) is 59.1 Å². The molecule has 6 nitrogen and oxygen atoms in total. The maximum Gasteiger partial charge on any atom is 0.324 e. The van der Waals surface area contributed by atoms with E-state index >= 15 is 0 Å². The third-order valence-corrected chi connectivity index (χ3v) is 6.54. The van der Waals surface area contributed by atoms with Crippen LogP contribution in [-0.2, 0) is 11.2 Å². The lowest BCUT2D eigenvalue weighted by molar-refractivity contribution is -0.126. The van der Waals surface area contributed by atoms with E-state index < -0.39 is 0 Å². The first-order chi connectivity index (χ1) is 15.5. The molecule has 0 radical (unpaired) electrons. The Morgan fingerprint density at radius 1 is 1.09 bits per heavy atom. The maximum absolute atomic E-state index is 13.3. The summed E-state index contributed by atoms with van der Waals surface area (Å²) in [5, 5.41) is 3.76. The molecule has 3 amide bonds. The highest BCUT2D eigenvalue weighted by atomic mass is 35.5. The fraction of sp³-hybridized carbons (Fsp3) is 0.440. The van der Waals surface area contributed by atoms with Crippen molar-refractivity contribution < 1.29 is 14.3 Å². The highest BCUT2D eigenvalue weighted by Crippen LogP contribution is 2.35. The van der Waals surface area contributed by atoms with E-state index in [1.807, 2.05) is 58.3 Å². The number of likely N-dealkylation sites (tertiary alicyclic amines) is 1. The van der Waals surface area contributed by atoms with Crippen LogP contribution in [0.4, 0.5) is 10.5 Å². The molecule has 0 saturated carbocycles. The van der Waals surface area contributed by atoms with Crippen molar-refractivity contribution in [3.63, 3.8) is 0 Å². The second-order valence-corrected chi connectivity index (χ2v) is 8.87. The Kier molecular flexibility index (Phi) is 7.20. The van der Waals surface area contributed by atoms with E-state index in [9.17, 15) is 9.59 Å². The van der Waals surface area contributed by atoms with Crippen LogP contribution in [0.1, 0.15) is 31.7 Å². The first-order valence-corrected chi connectivity index (χ1v) is 11.8. The summed E-state index contributed by atoms with van der Waals surface area (Å²) in [6, 6.07) is 15.4. The van der Waals surface area contributed by atoms with E-state index in [2.05, 4.69) is 12.2 Å². The van der Waals surface area contributed by atoms with Crippen LogP contribution in [0.2, 0.25) is 5.02 Å². The Labute approximate surface area is 194 Å². The quantitative estimate of drug-likeness (QED) is 0.721. The lowest BCUT2D eigenvalue weighted by Crippen LogP contribution is -2.52. The number of benzene rings is 2. The largest absolute Gasteiger partial charge is 0.486 e. The van der Waals surface area contributed by atoms with Crippen LogP contribution in [0.25, 0.3) is 0 Å². The van der Waals surface area contributed by atoms with Crippen molar-refractivity contribution in [1.82, 2.24) is 10.2 Å². The Morgan fingerprint density at radius 3 is 2.53 bits per heavy atom. The zero-order chi connectivity index (χ0) is 22.5. The molecule has 0 unspecified atom stereocenters. The monoisotopic (exact) mass is 455 g/mol. The lowest BCUT2D eigenvalue weighted by atomic mass is 9.96. The van der Waals surface area contributed by atoms with Gasteiger partial charge in [0.15, 0.2) is 0 Å². The van der Waals surface area contributed by atoms with E-state index in [-0.39, 0.29) is 24.0 Å². The number of hydrogen-bond acceptors (Lipinski definition) is 3. The molecule has 1 atom stereocenters. The molecule has 2 aliphatic heterocycles. The van der Waals surface area contributed by atoms with Gasteiger partial charge in [-0.3, -0.25) is 9.69 Å². The summed E-state index contributed by atoms with van der Waals surface area (Å²) in [7, 11) is 0. The van der Waals surface area contributed by atoms with Crippen LogP contribution in [0.3, 0.4) is 0 Å². The van der Waals surface area contributed by atoms with Gasteiger partial charge in [-0.05, 0) is 55.5 Å². The van der Waals surface area contributed by atoms with Crippen LogP contribution >= 0.6 is 11.6 Å². The molecule has 0 aromatic heterocycles. The minimum atomic E-state index is -0.0513. The minimum Gasteiger partial charge on any atom is -0.486 e. The van der Waals surface area contributed by atoms with Crippen LogP contribution in [-0.4, -0.2) is 49.1 Å². The summed E-state index contributed by atoms with van der Waals surface area (Å²) in [4.78, 5) is 29.6. The van der Waals surface area contributed by atoms with Gasteiger partial charge in [0.05, 0.1) is 12.2 Å². The third-order valence-electron chi connectivity index (χ3n) is 6.28. The Hall–Kier alpha value is -2.73. The number of carbonyl (C=O) groups excluding carboxylic acids is 2. The topological polar surface area (TPSA) is 61.9 Å². The molecular formula is C25H30ClN3O3. The molecule has 2 aliphatic rings. The zero-order valence-electron chi connectivity index (χ0n) is 18.4. The standard InChI is InChI=1S/C25H30ClN3O3/c1-2-21-17-29(22-5-3-4-6-23(22)32-21)25(31)28-15-12-19(13-16-28)24(30)27-14-11-18-7-9-20(26)10-8-18/h3-10,19,21H,2,11-17H2,1H3,(H,27,30)/t21-/m1/s1. The Bertz CT molecular complexity index is 942. The van der Waals surface area contributed by atoms with Gasteiger partial charge >= 0.3 is 6.03 Å². The summed E-state index contributed by atoms with van der Waals surface area (Å²) in [5.74, 6) is 0.785. The normalized spacial score (nSPS) is 18.6. The number of fused-ring (bicyclic) bond motifs is 1. The molecule has 1 saturated heterocycles. The predicted molar refractivity (Wildman–Crippen MR) is 126 cm³/mol. The molecule has 170 valence electrons. The molecule has 32 heavy (non-hydrogen) atoms. The van der Waals surface area contributed by atoms with Gasteiger partial charge in [0, 0.05) is 30.6 Å². The number of amides is 3. The Morgan fingerprint density at radius 2 is 1.81 bits per heavy atom. The van der Waals surface area contributed by atoms with Crippen molar-refractivity contribution in [1.29, 1.82) is 0 Å². The summed E-state index contributed by atoms with van der Waals surface area (Å²) in [6.07, 6.45) is 2.98. The fourth-order valence-corrected chi connectivity index (χ4v) is 4.45. The van der Waals surface area contributed by atoms with Gasteiger partial charge in [-0.2, -0.15) is 0 Å². The molecule has 7 heteroatoms. The van der Waals surface area contributed by atoms with Crippen molar-refractivity contribution in [2.24, 2.45) is 5.92 Å². The second-order valence-electron chi connectivity index (χ2n) is 8.44. The number of anilines is 1. The fourth-order valence-electron chi connectivity index (χ4n) is 4.32. The molecule has 1 N–H and O–H groups in total. The van der Waals surface area contributed by atoms with Crippen molar-refractivity contribution in [2.75, 3.05) is 31.1 Å². The SMILES string of the molecule is CC[C@@H]1CN(C(=O)N2CCC(C(=O)NCCc3ccc(Cl)cc3)CC2)c2ccccc2O1. The number of ether oxygens (including phenoxy) is 1. The zero-order valence-corrected chi connectivity index (χ0v) is 19.2. The molecule has 2 heterocycles. The summed E-state index contributed by atoms with van der Waals surface area (Å²) in [6.45, 7) is 4.40. The number of nitrogens with zero attached hydrogens (tertiary/aromatic N) is 2. The number of rotatable bonds is 5. The second kappa shape index (κ2) is 10.3. The van der Waals surface area contributed by atoms with E-state index in [1.165, 1.54) is 0 Å². The number of hydrogen-bond donors (Lipinski definition) is 1. The maximum atomic E-state index is 13.3. The summed E-state index contributed by atoms with van der Waals surface area (Å²) in [5.41, 5.74) is 1.97. The molecular weight excluding hydrogens is 426 g/mol. The van der Waals surface area contributed by atoms with Gasteiger partial charge in [-0.25, -0.2) is 4.79 Å². The first-order valence-electron chi connectivity index (χ1n) is 11.4. The Balaban J connectivity index is 1.28. The number of halogens is 1. The van der Waals surface area contributed by atoms with E-state index in [0.717, 1.165) is 29.8 Å². The van der Waals surface area contributed by atoms with Gasteiger partial charge < -0.3 is 15.0 Å². The molecule has 0 spiro atoms. The van der Waals surface area contributed by atoms with Gasteiger partial charge in [0.1, 0.15) is 11.9 Å². The third kappa shape index (κ3) is 5.18. The van der Waals surface area contributed by atoms with Gasteiger partial charge in [-0.1, -0.05) is 42.8 Å². The lowest BCUT2D eigenvalue weighted by Gasteiger charge is -2.39. The predicted octanol–water partition coefficient (Wildman–Crippen LogP) is 4.51. The van der Waals surface area contributed by atoms with Crippen molar-refractivity contribution in [3.8, 4) is 5.75 Å². The van der Waals surface area contributed by atoms with E-state index in [0.29, 0.717) is 44.0 Å². The smallest absolute Gasteiger partial charge is 0.324 e. The summed E-state index contributed by atoms with van der Waals surface area (Å²) >= 11 is 5.91. The molecule has 0 aliphatic carbocycles. The van der Waals surface area contributed by atoms with Crippen LogP contribution < -0.4 is 15.0 Å². The first kappa shape index (κ1) is 22.5. The number of carbonyl (C=O) groups is 2. The van der Waals surface area contributed by atoms with Crippen molar-refractivity contribution in [2.45, 2.75) is 38.7 Å². The average molecular weight is 456 g/mol. The molecule has 1 fully saturated rings. The van der Waals surface area contributed by atoms with Crippen LogP contribution in [0.5, 0.6) is 5.75 Å². The number of urea groups is 1. The van der Waals surface area contributed by atoms with Gasteiger partial charge in [-0.15, -0.1) is 0 Å². The van der Waals surface area contributed by atoms with Crippen molar-refractivity contribution >= 4 is 29.2 Å². The van der Waals surface area contributed by atoms with E-state index in [4.69, 9.17) is 16.3 Å². The van der Waals surface area contributed by atoms with Crippen LogP contribution in [0, 0.1) is 5.92 Å². The van der Waals surface area contributed by atoms with Gasteiger partial charge in [0.2, 0.25) is 5.91 Å². The molecule has 0 bridgehead atoms. The van der Waals surface area contributed by atoms with E-state index in [1.54, 1.807) is 0 Å². The average Bonchev–Trinajstić information content (AvgIpc) is 2.84. The van der Waals surface area contributed by atoms with Gasteiger partial charge in [0.25, 0.3) is 0 Å². The number of para-hydroxylation sites is 2. The molecule has 2 aromatic rings. The molecule has 4 rings (SSSR count). The highest BCUT2D eigenvalue weighted by molar-refractivity contribution is 6.30. The minimum absolute atomic E-state index is 0.000738. The number of nitrogens with one attached hydrogen (secondary N) is 1. The summed E-state index contributed by atoms with van der Waals surface area (Å²) < 4.78 is 6.00. The molecule has 2 aromatic carbocycles. The highest BCUT2D eigenvalue weighted by Gasteiger charge is 2.34. The number of piperidine rings is 1. The van der Waals surface area contributed by atoms with Crippen LogP contribution in [0.15, 0.2) is 48.5 Å².